The summed E-state index contributed by atoms with van der Waals surface area (Å²) >= 11 is -0.269. The molecule has 4 rings (SSSR count). The Balaban J connectivity index is 1.45. The summed E-state index contributed by atoms with van der Waals surface area (Å²) in [5, 5.41) is 5.52. The van der Waals surface area contributed by atoms with E-state index >= 15 is 0 Å². The Labute approximate surface area is 204 Å². The highest BCUT2D eigenvalue weighted by Crippen LogP contribution is 2.38. The average Bonchev–Trinajstić information content (AvgIpc) is 3.12. The largest absolute Gasteiger partial charge is 0.446 e. The number of amides is 4. The number of rotatable bonds is 6. The second-order valence-corrected chi connectivity index (χ2v) is 9.87. The zero-order valence-electron chi connectivity index (χ0n) is 19.0. The molecule has 2 unspecified atom stereocenters. The van der Waals surface area contributed by atoms with E-state index in [-0.39, 0.29) is 34.2 Å². The van der Waals surface area contributed by atoms with Crippen LogP contribution in [0, 0.1) is 5.92 Å². The van der Waals surface area contributed by atoms with Crippen molar-refractivity contribution in [3.63, 3.8) is 0 Å². The summed E-state index contributed by atoms with van der Waals surface area (Å²) in [5.41, 5.74) is -3.54. The first-order chi connectivity index (χ1) is 16.6. The first-order valence-corrected chi connectivity index (χ1v) is 12.2. The van der Waals surface area contributed by atoms with Crippen molar-refractivity contribution in [2.75, 3.05) is 10.2 Å². The molecule has 2 aliphatic rings. The molecular formula is C24H25F3N4O3S. The first-order valence-electron chi connectivity index (χ1n) is 11.4. The normalized spacial score (nSPS) is 20.0. The summed E-state index contributed by atoms with van der Waals surface area (Å²) in [4.78, 5) is 43.3. The van der Waals surface area contributed by atoms with Crippen molar-refractivity contribution in [3.8, 4) is 0 Å². The third-order valence-corrected chi connectivity index (χ3v) is 7.07. The van der Waals surface area contributed by atoms with Crippen LogP contribution in [0.25, 0.3) is 0 Å². The molecule has 0 spiro atoms. The van der Waals surface area contributed by atoms with Gasteiger partial charge in [-0.1, -0.05) is 26.2 Å². The maximum atomic E-state index is 13.1. The fourth-order valence-electron chi connectivity index (χ4n) is 4.46. The monoisotopic (exact) mass is 506 g/mol. The van der Waals surface area contributed by atoms with Gasteiger partial charge in [0.1, 0.15) is 11.9 Å². The van der Waals surface area contributed by atoms with Gasteiger partial charge in [-0.3, -0.25) is 9.59 Å². The molecule has 1 aliphatic carbocycles. The number of nitrogens with one attached hydrogen (secondary N) is 2. The highest BCUT2D eigenvalue weighted by atomic mass is 32.2. The van der Waals surface area contributed by atoms with Crippen LogP contribution in [0.4, 0.5) is 29.5 Å². The number of aromatic nitrogens is 1. The van der Waals surface area contributed by atoms with Gasteiger partial charge >= 0.3 is 11.5 Å². The Morgan fingerprint density at radius 2 is 1.83 bits per heavy atom. The first kappa shape index (κ1) is 25.0. The zero-order chi connectivity index (χ0) is 25.2. The maximum Gasteiger partial charge on any atom is 0.446 e. The summed E-state index contributed by atoms with van der Waals surface area (Å²) in [5.74, 6) is -0.660. The minimum atomic E-state index is -4.43. The molecule has 0 radical (unpaired) electrons. The van der Waals surface area contributed by atoms with Crippen LogP contribution in [0.5, 0.6) is 0 Å². The topological polar surface area (TPSA) is 91.4 Å². The number of halogens is 3. The van der Waals surface area contributed by atoms with Crippen molar-refractivity contribution in [2.24, 2.45) is 5.92 Å². The van der Waals surface area contributed by atoms with Crippen LogP contribution in [-0.4, -0.2) is 34.4 Å². The molecule has 0 bridgehead atoms. The van der Waals surface area contributed by atoms with Crippen molar-refractivity contribution >= 4 is 41.1 Å². The van der Waals surface area contributed by atoms with E-state index < -0.39 is 29.4 Å². The number of pyridine rings is 1. The molecule has 2 N–H and O–H groups in total. The van der Waals surface area contributed by atoms with Gasteiger partial charge in [0.2, 0.25) is 5.91 Å². The van der Waals surface area contributed by atoms with E-state index in [0.29, 0.717) is 11.4 Å². The Bertz CT molecular complexity index is 1100. The standard InChI is InChI=1S/C24H25F3N4O3S/c1-14(16-11-12-28-19(13-16)29-21(32)15-5-3-2-4-6-15)20-22(33)31(23(34)30-20)17-7-9-18(10-8-17)35-24(25,26)27/h7-15,20H,2-6H2,1H3,(H,30,34)(H,28,29,32). The van der Waals surface area contributed by atoms with Gasteiger partial charge in [0, 0.05) is 22.9 Å². The lowest BCUT2D eigenvalue weighted by Gasteiger charge is -2.21. The van der Waals surface area contributed by atoms with E-state index in [1.807, 2.05) is 0 Å². The van der Waals surface area contributed by atoms with Gasteiger partial charge in [-0.05, 0) is 66.6 Å². The van der Waals surface area contributed by atoms with Gasteiger partial charge in [-0.25, -0.2) is 14.7 Å². The van der Waals surface area contributed by atoms with Crippen molar-refractivity contribution in [1.29, 1.82) is 0 Å². The van der Waals surface area contributed by atoms with E-state index in [0.717, 1.165) is 37.0 Å². The molecule has 1 saturated carbocycles. The number of nitrogens with zero attached hydrogens (tertiary/aromatic N) is 2. The second kappa shape index (κ2) is 10.3. The molecule has 2 atom stereocenters. The summed E-state index contributed by atoms with van der Waals surface area (Å²) in [7, 11) is 0. The van der Waals surface area contributed by atoms with Crippen LogP contribution in [0.1, 0.15) is 50.5 Å². The molecule has 2 aromatic rings. The quantitative estimate of drug-likeness (QED) is 0.402. The fourth-order valence-corrected chi connectivity index (χ4v) is 5.00. The molecule has 4 amide bonds. The van der Waals surface area contributed by atoms with Gasteiger partial charge in [0.25, 0.3) is 5.91 Å². The number of benzene rings is 1. The van der Waals surface area contributed by atoms with Crippen LogP contribution in [0.15, 0.2) is 47.5 Å². The van der Waals surface area contributed by atoms with Crippen LogP contribution in [-0.2, 0) is 9.59 Å². The lowest BCUT2D eigenvalue weighted by atomic mass is 9.88. The highest BCUT2D eigenvalue weighted by molar-refractivity contribution is 8.00. The van der Waals surface area contributed by atoms with E-state index in [4.69, 9.17) is 0 Å². The molecule has 1 aromatic heterocycles. The molecule has 7 nitrogen and oxygen atoms in total. The summed E-state index contributed by atoms with van der Waals surface area (Å²) < 4.78 is 37.7. The number of alkyl halides is 3. The predicted molar refractivity (Wildman–Crippen MR) is 126 cm³/mol. The van der Waals surface area contributed by atoms with Gasteiger partial charge in [-0.2, -0.15) is 13.2 Å². The maximum absolute atomic E-state index is 13.1. The number of anilines is 2. The van der Waals surface area contributed by atoms with Crippen molar-refractivity contribution in [3.05, 3.63) is 48.2 Å². The molecule has 1 aromatic carbocycles. The highest BCUT2D eigenvalue weighted by Gasteiger charge is 2.42. The zero-order valence-corrected chi connectivity index (χ0v) is 19.8. The molecule has 2 fully saturated rings. The Kier molecular flexibility index (Phi) is 7.34. The van der Waals surface area contributed by atoms with Crippen molar-refractivity contribution in [1.82, 2.24) is 10.3 Å². The average molecular weight is 507 g/mol. The Morgan fingerprint density at radius 3 is 2.49 bits per heavy atom. The summed E-state index contributed by atoms with van der Waals surface area (Å²) in [6.45, 7) is 1.78. The fraction of sp³-hybridized carbons (Fsp3) is 0.417. The number of hydrogen-bond acceptors (Lipinski definition) is 5. The predicted octanol–water partition coefficient (Wildman–Crippen LogP) is 5.44. The number of imide groups is 1. The SMILES string of the molecule is CC(c1ccnc(NC(=O)C2CCCCC2)c1)C1NC(=O)N(c2ccc(SC(F)(F)F)cc2)C1=O. The summed E-state index contributed by atoms with van der Waals surface area (Å²) in [6.07, 6.45) is 6.47. The molecule has 1 aliphatic heterocycles. The number of carbonyl (C=O) groups is 3. The molecule has 35 heavy (non-hydrogen) atoms. The lowest BCUT2D eigenvalue weighted by molar-refractivity contribution is -0.121. The van der Waals surface area contributed by atoms with Gasteiger partial charge < -0.3 is 10.6 Å². The number of hydrogen-bond donors (Lipinski definition) is 2. The van der Waals surface area contributed by atoms with E-state index in [9.17, 15) is 27.6 Å². The lowest BCUT2D eigenvalue weighted by Crippen LogP contribution is -2.35. The van der Waals surface area contributed by atoms with Gasteiger partial charge in [0.15, 0.2) is 0 Å². The van der Waals surface area contributed by atoms with E-state index in [1.165, 1.54) is 24.3 Å². The Hall–Kier alpha value is -3.08. The number of urea groups is 1. The van der Waals surface area contributed by atoms with E-state index in [2.05, 4.69) is 15.6 Å². The minimum Gasteiger partial charge on any atom is -0.325 e. The molecule has 186 valence electrons. The number of carbonyl (C=O) groups excluding carboxylic acids is 3. The van der Waals surface area contributed by atoms with Crippen LogP contribution >= 0.6 is 11.8 Å². The summed E-state index contributed by atoms with van der Waals surface area (Å²) in [6, 6.07) is 6.93. The molecule has 2 heterocycles. The third kappa shape index (κ3) is 5.95. The van der Waals surface area contributed by atoms with Crippen molar-refractivity contribution < 1.29 is 27.6 Å². The van der Waals surface area contributed by atoms with Gasteiger partial charge in [0.05, 0.1) is 5.69 Å². The van der Waals surface area contributed by atoms with Crippen molar-refractivity contribution in [2.45, 2.75) is 61.4 Å². The third-order valence-electron chi connectivity index (χ3n) is 6.33. The second-order valence-electron chi connectivity index (χ2n) is 8.73. The molecule has 11 heteroatoms. The molecular weight excluding hydrogens is 481 g/mol. The minimum absolute atomic E-state index is 0.0307. The van der Waals surface area contributed by atoms with Crippen LogP contribution in [0.2, 0.25) is 0 Å². The van der Waals surface area contributed by atoms with Crippen LogP contribution in [0.3, 0.4) is 0 Å². The van der Waals surface area contributed by atoms with Crippen LogP contribution < -0.4 is 15.5 Å². The Morgan fingerprint density at radius 1 is 1.14 bits per heavy atom. The smallest absolute Gasteiger partial charge is 0.325 e. The molecule has 1 saturated heterocycles. The number of thioether (sulfide) groups is 1. The van der Waals surface area contributed by atoms with E-state index in [1.54, 1.807) is 25.3 Å². The van der Waals surface area contributed by atoms with Gasteiger partial charge in [-0.15, -0.1) is 0 Å².